The van der Waals surface area contributed by atoms with E-state index in [0.717, 1.165) is 6.42 Å². The zero-order chi connectivity index (χ0) is 15.0. The van der Waals surface area contributed by atoms with Crippen LogP contribution in [0.25, 0.3) is 0 Å². The highest BCUT2D eigenvalue weighted by atomic mass is 32.1. The standard InChI is InChI=1S/C15H15NO4S/c1-9-8-20-11(6-13(17)18)14(9)15(19)16-4-2-10-3-5-21-12(10)7-16/h3,5,8H,2,4,6-7H2,1H3,(H,17,18). The van der Waals surface area contributed by atoms with Gasteiger partial charge in [0.25, 0.3) is 5.91 Å². The molecular weight excluding hydrogens is 290 g/mol. The summed E-state index contributed by atoms with van der Waals surface area (Å²) in [5.41, 5.74) is 2.39. The van der Waals surface area contributed by atoms with Gasteiger partial charge in [0.1, 0.15) is 12.2 Å². The van der Waals surface area contributed by atoms with E-state index in [0.29, 0.717) is 24.2 Å². The van der Waals surface area contributed by atoms with Crippen LogP contribution in [0.15, 0.2) is 22.1 Å². The molecule has 0 spiro atoms. The van der Waals surface area contributed by atoms with Gasteiger partial charge in [-0.2, -0.15) is 0 Å². The van der Waals surface area contributed by atoms with Gasteiger partial charge in [0.2, 0.25) is 0 Å². The molecule has 2 aromatic heterocycles. The zero-order valence-corrected chi connectivity index (χ0v) is 12.4. The van der Waals surface area contributed by atoms with E-state index >= 15 is 0 Å². The maximum Gasteiger partial charge on any atom is 0.311 e. The van der Waals surface area contributed by atoms with Crippen LogP contribution >= 0.6 is 11.3 Å². The lowest BCUT2D eigenvalue weighted by molar-refractivity contribution is -0.136. The molecule has 0 saturated heterocycles. The number of amides is 1. The minimum atomic E-state index is -1.00. The van der Waals surface area contributed by atoms with Gasteiger partial charge >= 0.3 is 5.97 Å². The predicted octanol–water partition coefficient (Wildman–Crippen LogP) is 2.48. The van der Waals surface area contributed by atoms with Crippen LogP contribution in [0.1, 0.15) is 32.1 Å². The number of carbonyl (C=O) groups is 2. The molecule has 6 heteroatoms. The fourth-order valence-electron chi connectivity index (χ4n) is 2.62. The average molecular weight is 305 g/mol. The highest BCUT2D eigenvalue weighted by Crippen LogP contribution is 2.27. The molecule has 0 aliphatic carbocycles. The highest BCUT2D eigenvalue weighted by molar-refractivity contribution is 7.10. The van der Waals surface area contributed by atoms with Crippen molar-refractivity contribution in [3.05, 3.63) is 45.0 Å². The molecule has 5 nitrogen and oxygen atoms in total. The Morgan fingerprint density at radius 2 is 2.29 bits per heavy atom. The average Bonchev–Trinajstić information content (AvgIpc) is 3.03. The molecule has 0 unspecified atom stereocenters. The maximum atomic E-state index is 12.7. The van der Waals surface area contributed by atoms with Crippen LogP contribution < -0.4 is 0 Å². The van der Waals surface area contributed by atoms with E-state index in [1.807, 2.05) is 5.38 Å². The van der Waals surface area contributed by atoms with Crippen LogP contribution in [0.4, 0.5) is 0 Å². The Balaban J connectivity index is 1.86. The van der Waals surface area contributed by atoms with Crippen molar-refractivity contribution in [2.24, 2.45) is 0 Å². The first-order valence-corrected chi connectivity index (χ1v) is 7.57. The normalized spacial score (nSPS) is 14.0. The number of fused-ring (bicyclic) bond motifs is 1. The second-order valence-electron chi connectivity index (χ2n) is 5.13. The van der Waals surface area contributed by atoms with Gasteiger partial charge in [0, 0.05) is 17.0 Å². The molecule has 0 atom stereocenters. The summed E-state index contributed by atoms with van der Waals surface area (Å²) >= 11 is 1.65. The van der Waals surface area contributed by atoms with Crippen LogP contribution in [-0.4, -0.2) is 28.4 Å². The number of carboxylic acids is 1. The number of thiophene rings is 1. The third kappa shape index (κ3) is 2.58. The Hall–Kier alpha value is -2.08. The van der Waals surface area contributed by atoms with E-state index in [1.165, 1.54) is 16.7 Å². The SMILES string of the molecule is Cc1coc(CC(=O)O)c1C(=O)N1CCc2ccsc2C1. The summed E-state index contributed by atoms with van der Waals surface area (Å²) in [6.07, 6.45) is 2.02. The summed E-state index contributed by atoms with van der Waals surface area (Å²) in [6, 6.07) is 2.10. The molecule has 1 aliphatic heterocycles. The first-order chi connectivity index (χ1) is 10.1. The summed E-state index contributed by atoms with van der Waals surface area (Å²) < 4.78 is 5.25. The fraction of sp³-hybridized carbons (Fsp3) is 0.333. The second kappa shape index (κ2) is 5.37. The Kier molecular flexibility index (Phi) is 3.55. The van der Waals surface area contributed by atoms with Crippen molar-refractivity contribution in [2.75, 3.05) is 6.54 Å². The van der Waals surface area contributed by atoms with Crippen LogP contribution in [0.2, 0.25) is 0 Å². The molecule has 0 radical (unpaired) electrons. The quantitative estimate of drug-likeness (QED) is 0.945. The van der Waals surface area contributed by atoms with Crippen molar-refractivity contribution in [3.8, 4) is 0 Å². The number of hydrogen-bond acceptors (Lipinski definition) is 4. The first kappa shape index (κ1) is 13.9. The van der Waals surface area contributed by atoms with Crippen molar-refractivity contribution in [1.82, 2.24) is 4.90 Å². The lowest BCUT2D eigenvalue weighted by Gasteiger charge is -2.27. The van der Waals surface area contributed by atoms with E-state index in [1.54, 1.807) is 23.2 Å². The van der Waals surface area contributed by atoms with Gasteiger partial charge in [-0.05, 0) is 30.4 Å². The van der Waals surface area contributed by atoms with Crippen molar-refractivity contribution < 1.29 is 19.1 Å². The Morgan fingerprint density at radius 1 is 1.48 bits per heavy atom. The highest BCUT2D eigenvalue weighted by Gasteiger charge is 2.27. The number of aryl methyl sites for hydroxylation is 1. The largest absolute Gasteiger partial charge is 0.481 e. The number of nitrogens with zero attached hydrogens (tertiary/aromatic N) is 1. The molecule has 1 amide bonds. The lowest BCUT2D eigenvalue weighted by Crippen LogP contribution is -2.36. The number of carbonyl (C=O) groups excluding carboxylic acids is 1. The number of rotatable bonds is 3. The lowest BCUT2D eigenvalue weighted by atomic mass is 10.0. The molecule has 110 valence electrons. The smallest absolute Gasteiger partial charge is 0.311 e. The summed E-state index contributed by atoms with van der Waals surface area (Å²) in [6.45, 7) is 3.01. The summed E-state index contributed by atoms with van der Waals surface area (Å²) in [5.74, 6) is -0.906. The van der Waals surface area contributed by atoms with Crippen LogP contribution in [0.3, 0.4) is 0 Å². The molecule has 0 aromatic carbocycles. The van der Waals surface area contributed by atoms with Crippen LogP contribution in [0.5, 0.6) is 0 Å². The van der Waals surface area contributed by atoms with Gasteiger partial charge in [0.15, 0.2) is 0 Å². The van der Waals surface area contributed by atoms with Gasteiger partial charge < -0.3 is 14.4 Å². The van der Waals surface area contributed by atoms with E-state index in [-0.39, 0.29) is 18.1 Å². The second-order valence-corrected chi connectivity index (χ2v) is 6.13. The van der Waals surface area contributed by atoms with Gasteiger partial charge in [0.05, 0.1) is 18.4 Å². The van der Waals surface area contributed by atoms with E-state index in [2.05, 4.69) is 6.07 Å². The van der Waals surface area contributed by atoms with Crippen molar-refractivity contribution in [1.29, 1.82) is 0 Å². The zero-order valence-electron chi connectivity index (χ0n) is 11.6. The fourth-order valence-corrected chi connectivity index (χ4v) is 3.57. The van der Waals surface area contributed by atoms with Crippen molar-refractivity contribution in [3.63, 3.8) is 0 Å². The van der Waals surface area contributed by atoms with Crippen LogP contribution in [-0.2, 0) is 24.2 Å². The Morgan fingerprint density at radius 3 is 3.05 bits per heavy atom. The van der Waals surface area contributed by atoms with Crippen LogP contribution in [0, 0.1) is 6.92 Å². The Labute approximate surface area is 125 Å². The molecule has 1 N–H and O–H groups in total. The van der Waals surface area contributed by atoms with E-state index in [4.69, 9.17) is 9.52 Å². The third-order valence-corrected chi connectivity index (χ3v) is 4.64. The summed E-state index contributed by atoms with van der Waals surface area (Å²) in [4.78, 5) is 26.5. The number of hydrogen-bond donors (Lipinski definition) is 1. The van der Waals surface area contributed by atoms with Crippen molar-refractivity contribution in [2.45, 2.75) is 26.3 Å². The van der Waals surface area contributed by atoms with Gasteiger partial charge in [-0.25, -0.2) is 0 Å². The maximum absolute atomic E-state index is 12.7. The predicted molar refractivity (Wildman–Crippen MR) is 77.5 cm³/mol. The minimum Gasteiger partial charge on any atom is -0.481 e. The molecule has 0 bridgehead atoms. The molecule has 1 aliphatic rings. The van der Waals surface area contributed by atoms with E-state index in [9.17, 15) is 9.59 Å². The molecular formula is C15H15NO4S. The number of furan rings is 1. The number of carboxylic acid groups (broad SMARTS) is 1. The topological polar surface area (TPSA) is 70.7 Å². The van der Waals surface area contributed by atoms with Gasteiger partial charge in [-0.3, -0.25) is 9.59 Å². The monoisotopic (exact) mass is 305 g/mol. The first-order valence-electron chi connectivity index (χ1n) is 6.69. The van der Waals surface area contributed by atoms with Gasteiger partial charge in [-0.15, -0.1) is 11.3 Å². The summed E-state index contributed by atoms with van der Waals surface area (Å²) in [7, 11) is 0. The molecule has 0 fully saturated rings. The van der Waals surface area contributed by atoms with Crippen molar-refractivity contribution >= 4 is 23.2 Å². The number of aliphatic carboxylic acids is 1. The Bertz CT molecular complexity index is 700. The minimum absolute atomic E-state index is 0.142. The molecule has 2 aromatic rings. The summed E-state index contributed by atoms with van der Waals surface area (Å²) in [5, 5.41) is 11.0. The molecule has 0 saturated carbocycles. The molecule has 3 rings (SSSR count). The van der Waals surface area contributed by atoms with Gasteiger partial charge in [-0.1, -0.05) is 0 Å². The molecule has 3 heterocycles. The molecule has 21 heavy (non-hydrogen) atoms. The third-order valence-electron chi connectivity index (χ3n) is 3.69. The van der Waals surface area contributed by atoms with E-state index < -0.39 is 5.97 Å².